The van der Waals surface area contributed by atoms with Crippen LogP contribution in [0.5, 0.6) is 5.75 Å². The number of alkyl halides is 6. The summed E-state index contributed by atoms with van der Waals surface area (Å²) in [6.45, 7) is 12.6. The van der Waals surface area contributed by atoms with E-state index in [0.717, 1.165) is 0 Å². The van der Waals surface area contributed by atoms with E-state index < -0.39 is 91.4 Å². The van der Waals surface area contributed by atoms with Crippen LogP contribution in [0.2, 0.25) is 22.2 Å². The molecule has 1 unspecified atom stereocenters. The molecule has 0 aliphatic carbocycles. The van der Waals surface area contributed by atoms with Crippen LogP contribution < -0.4 is 15.6 Å². The first-order chi connectivity index (χ1) is 26.6. The van der Waals surface area contributed by atoms with Crippen molar-refractivity contribution >= 4 is 40.1 Å². The molecule has 5 rings (SSSR count). The third kappa shape index (κ3) is 9.58. The summed E-state index contributed by atoms with van der Waals surface area (Å²) in [5.41, 5.74) is -1.42. The third-order valence-electron chi connectivity index (χ3n) is 10.1. The summed E-state index contributed by atoms with van der Waals surface area (Å²) >= 11 is 0. The Labute approximate surface area is 327 Å². The lowest BCUT2D eigenvalue weighted by Crippen LogP contribution is -2.66. The molecule has 1 amide bonds. The lowest BCUT2D eigenvalue weighted by Gasteiger charge is -2.51. The largest absolute Gasteiger partial charge is 0.484 e. The number of nitrogens with one attached hydrogen (secondary N) is 2. The second-order valence-corrected chi connectivity index (χ2v) is 24.1. The Kier molecular flexibility index (Phi) is 13.7. The summed E-state index contributed by atoms with van der Waals surface area (Å²) < 4.78 is 125. The van der Waals surface area contributed by atoms with E-state index in [9.17, 15) is 35.9 Å². The predicted molar refractivity (Wildman–Crippen MR) is 198 cm³/mol. The molecule has 0 saturated carbocycles. The number of carbonyl (C=O) groups excluding carboxylic acids is 1. The lowest BCUT2D eigenvalue weighted by molar-refractivity contribution is -0.299. The third-order valence-corrected chi connectivity index (χ3v) is 20.4. The van der Waals surface area contributed by atoms with Crippen LogP contribution in [0.15, 0.2) is 41.5 Å². The van der Waals surface area contributed by atoms with Crippen molar-refractivity contribution in [3.8, 4) is 5.75 Å². The molecule has 2 N–H and O–H groups in total. The molecule has 2 saturated heterocycles. The molecule has 0 bridgehead atoms. The van der Waals surface area contributed by atoms with Crippen molar-refractivity contribution in [2.75, 3.05) is 31.9 Å². The molecule has 4 atom stereocenters. The van der Waals surface area contributed by atoms with Crippen molar-refractivity contribution in [1.82, 2.24) is 19.5 Å². The van der Waals surface area contributed by atoms with E-state index in [2.05, 4.69) is 20.3 Å². The van der Waals surface area contributed by atoms with Crippen LogP contribution in [0, 0.1) is 5.92 Å². The minimum Gasteiger partial charge on any atom is -0.484 e. The van der Waals surface area contributed by atoms with E-state index in [1.807, 2.05) is 55.4 Å². The van der Waals surface area contributed by atoms with Crippen molar-refractivity contribution in [1.29, 1.82) is 0 Å². The number of anilines is 1. The van der Waals surface area contributed by atoms with Gasteiger partial charge in [-0.25, -0.2) is 4.98 Å². The second-order valence-electron chi connectivity index (χ2n) is 15.3. The van der Waals surface area contributed by atoms with Crippen LogP contribution >= 0.6 is 0 Å². The Bertz CT molecular complexity index is 1850. The van der Waals surface area contributed by atoms with Crippen molar-refractivity contribution in [3.05, 3.63) is 47.0 Å². The number of aromatic nitrogens is 4. The van der Waals surface area contributed by atoms with Gasteiger partial charge in [0.15, 0.2) is 29.9 Å². The number of hydrogen-bond acceptors (Lipinski definition) is 11. The van der Waals surface area contributed by atoms with Crippen LogP contribution in [0.25, 0.3) is 11.2 Å². The van der Waals surface area contributed by atoms with Gasteiger partial charge in [0.05, 0.1) is 19.5 Å². The number of aromatic amines is 1. The average molecular weight is 854 g/mol. The normalized spacial score (nSPS) is 22.7. The van der Waals surface area contributed by atoms with Crippen molar-refractivity contribution in [2.24, 2.45) is 5.92 Å². The molecular weight excluding hydrogens is 805 g/mol. The van der Waals surface area contributed by atoms with E-state index in [-0.39, 0.29) is 45.9 Å². The number of rotatable bonds is 14. The maximum Gasteiger partial charge on any atom is 0.402 e. The number of benzene rings is 1. The van der Waals surface area contributed by atoms with E-state index in [1.165, 1.54) is 10.9 Å². The summed E-state index contributed by atoms with van der Waals surface area (Å²) in [6, 6.07) is 8.53. The number of halogens is 6. The molecule has 2 aliphatic heterocycles. The highest BCUT2D eigenvalue weighted by atomic mass is 28.5. The molecule has 0 radical (unpaired) electrons. The number of amides is 1. The minimum absolute atomic E-state index is 0.0323. The number of H-pyrrole nitrogens is 1. The fourth-order valence-corrected chi connectivity index (χ4v) is 18.4. The lowest BCUT2D eigenvalue weighted by atomic mass is 10.1. The Morgan fingerprint density at radius 3 is 2.16 bits per heavy atom. The highest BCUT2D eigenvalue weighted by Crippen LogP contribution is 2.49. The first kappa shape index (κ1) is 44.7. The highest BCUT2D eigenvalue weighted by molar-refractivity contribution is 6.84. The SMILES string of the molecule is CC(C)[Si]1(C(C)C)OC[C@H]2O[C@@H](n3cnc4c(=O)[nH]c(NC(=O)COc5ccccc5)nc43)C(OCOCC(C(F)(F)F)C(F)(F)F)[C@H]2O[Si](C(C)C)(C(C)C)O1. The van der Waals surface area contributed by atoms with Crippen LogP contribution in [0.1, 0.15) is 61.6 Å². The zero-order chi connectivity index (χ0) is 42.1. The summed E-state index contributed by atoms with van der Waals surface area (Å²) in [7, 11) is -6.46. The zero-order valence-electron chi connectivity index (χ0n) is 32.8. The minimum atomic E-state index is -5.63. The van der Waals surface area contributed by atoms with Crippen molar-refractivity contribution in [2.45, 2.75) is 114 Å². The summed E-state index contributed by atoms with van der Waals surface area (Å²) in [4.78, 5) is 37.0. The van der Waals surface area contributed by atoms with E-state index >= 15 is 0 Å². The fraction of sp³-hybridized carbons (Fsp3) is 0.657. The van der Waals surface area contributed by atoms with E-state index in [0.29, 0.717) is 5.75 Å². The maximum absolute atomic E-state index is 13.3. The van der Waals surface area contributed by atoms with Gasteiger partial charge in [-0.2, -0.15) is 31.3 Å². The van der Waals surface area contributed by atoms with Gasteiger partial charge in [0, 0.05) is 0 Å². The first-order valence-electron chi connectivity index (χ1n) is 18.5. The van der Waals surface area contributed by atoms with Gasteiger partial charge in [-0.1, -0.05) is 73.6 Å². The molecule has 0 spiro atoms. The molecule has 318 valence electrons. The molecule has 2 aliphatic rings. The van der Waals surface area contributed by atoms with E-state index in [1.54, 1.807) is 30.3 Å². The zero-order valence-corrected chi connectivity index (χ0v) is 34.8. The topological polar surface area (TPSA) is 157 Å². The predicted octanol–water partition coefficient (Wildman–Crippen LogP) is 7.09. The molecule has 22 heteroatoms. The number of imidazole rings is 1. The average Bonchev–Trinajstić information content (AvgIpc) is 3.66. The first-order valence-corrected chi connectivity index (χ1v) is 22.5. The summed E-state index contributed by atoms with van der Waals surface area (Å²) in [6.07, 6.45) is -14.6. The number of para-hydroxylation sites is 1. The second kappa shape index (κ2) is 17.5. The quantitative estimate of drug-likeness (QED) is 0.0739. The summed E-state index contributed by atoms with van der Waals surface area (Å²) in [5, 5.41) is 2.47. The Balaban J connectivity index is 1.53. The number of carbonyl (C=O) groups is 1. The van der Waals surface area contributed by atoms with Gasteiger partial charge in [-0.15, -0.1) is 0 Å². The molecule has 3 aromatic rings. The highest BCUT2D eigenvalue weighted by Gasteiger charge is 2.62. The Morgan fingerprint density at radius 2 is 1.58 bits per heavy atom. The van der Waals surface area contributed by atoms with Crippen LogP contribution in [0.3, 0.4) is 0 Å². The molecule has 2 fully saturated rings. The van der Waals surface area contributed by atoms with Gasteiger partial charge in [-0.05, 0) is 34.3 Å². The van der Waals surface area contributed by atoms with Crippen LogP contribution in [-0.2, 0) is 32.0 Å². The van der Waals surface area contributed by atoms with Gasteiger partial charge < -0.3 is 31.9 Å². The van der Waals surface area contributed by atoms with Gasteiger partial charge in [0.25, 0.3) is 11.5 Å². The van der Waals surface area contributed by atoms with Gasteiger partial charge in [0.2, 0.25) is 5.95 Å². The number of nitrogens with zero attached hydrogens (tertiary/aromatic N) is 3. The monoisotopic (exact) mass is 853 g/mol. The molecule has 2 aromatic heterocycles. The number of fused-ring (bicyclic) bond motifs is 2. The van der Waals surface area contributed by atoms with Crippen LogP contribution in [-0.4, -0.2) is 99.8 Å². The van der Waals surface area contributed by atoms with Crippen molar-refractivity contribution in [3.63, 3.8) is 0 Å². The fourth-order valence-electron chi connectivity index (χ4n) is 7.20. The van der Waals surface area contributed by atoms with Gasteiger partial charge in [-0.3, -0.25) is 24.5 Å². The van der Waals surface area contributed by atoms with Crippen molar-refractivity contribution < 1.29 is 63.1 Å². The Morgan fingerprint density at radius 1 is 0.965 bits per heavy atom. The van der Waals surface area contributed by atoms with E-state index in [4.69, 9.17) is 31.9 Å². The summed E-state index contributed by atoms with van der Waals surface area (Å²) in [5.74, 6) is -4.26. The number of ether oxygens (including phenoxy) is 4. The molecule has 4 heterocycles. The van der Waals surface area contributed by atoms with Gasteiger partial charge >= 0.3 is 29.5 Å². The standard InChI is InChI=1S/C35H49F6N5O9Si2/c1-19(2)56(20(3)4)52-14-24-28(54-57(55-56,21(5)6)22(7)8)29(51-18-49-15-25(34(36,37)38)35(39,40)41)32(53-24)46-17-42-27-30(46)44-33(45-31(27)48)43-26(47)16-50-23-12-10-9-11-13-23/h9-13,17,19-22,24-25,28-29,32H,14-16,18H2,1-8H3,(H2,43,44,45,47,48)/t24-,28+,29?,32-/m1/s1. The molecule has 57 heavy (non-hydrogen) atoms. The molecular formula is C35H49F6N5O9Si2. The Hall–Kier alpha value is -3.39. The molecule has 14 nitrogen and oxygen atoms in total. The van der Waals surface area contributed by atoms with Gasteiger partial charge in [0.1, 0.15) is 30.9 Å². The maximum atomic E-state index is 13.3. The number of hydrogen-bond donors (Lipinski definition) is 2. The smallest absolute Gasteiger partial charge is 0.402 e. The molecule has 1 aromatic carbocycles. The van der Waals surface area contributed by atoms with Crippen LogP contribution in [0.4, 0.5) is 32.3 Å².